The Kier molecular flexibility index (Phi) is 3.88. The topological polar surface area (TPSA) is 75.6 Å². The van der Waals surface area contributed by atoms with E-state index in [4.69, 9.17) is 5.11 Å². The molecule has 0 aliphatic heterocycles. The normalized spacial score (nSPS) is 17.5. The third kappa shape index (κ3) is 3.33. The molecule has 1 saturated carbocycles. The van der Waals surface area contributed by atoms with Crippen molar-refractivity contribution >= 4 is 11.9 Å². The van der Waals surface area contributed by atoms with Gasteiger partial charge in [0.15, 0.2) is 0 Å². The predicted octanol–water partition coefficient (Wildman–Crippen LogP) is 0.00230. The summed E-state index contributed by atoms with van der Waals surface area (Å²) in [7, 11) is 1.32. The van der Waals surface area contributed by atoms with Crippen LogP contribution in [0.25, 0.3) is 0 Å². The Hall–Kier alpha value is -1.10. The van der Waals surface area contributed by atoms with Crippen LogP contribution in [0.5, 0.6) is 0 Å². The highest BCUT2D eigenvalue weighted by Crippen LogP contribution is 2.32. The second-order valence-electron chi connectivity index (χ2n) is 3.43. The summed E-state index contributed by atoms with van der Waals surface area (Å²) in [5, 5.41) is 11.7. The van der Waals surface area contributed by atoms with Crippen LogP contribution < -0.4 is 5.32 Å². The number of nitrogens with one attached hydrogen (secondary N) is 1. The van der Waals surface area contributed by atoms with E-state index >= 15 is 0 Å². The maximum absolute atomic E-state index is 10.7. The van der Waals surface area contributed by atoms with Gasteiger partial charge in [-0.15, -0.1) is 0 Å². The van der Waals surface area contributed by atoms with Crippen molar-refractivity contribution in [3.8, 4) is 0 Å². The van der Waals surface area contributed by atoms with E-state index in [-0.39, 0.29) is 18.3 Å². The summed E-state index contributed by atoms with van der Waals surface area (Å²) in [6.45, 7) is 0.361. The summed E-state index contributed by atoms with van der Waals surface area (Å²) in [5.74, 6) is -0.917. The van der Waals surface area contributed by atoms with Crippen LogP contribution in [0.2, 0.25) is 0 Å². The van der Waals surface area contributed by atoms with Gasteiger partial charge < -0.3 is 15.2 Å². The first-order valence-corrected chi connectivity index (χ1v) is 4.68. The van der Waals surface area contributed by atoms with Gasteiger partial charge >= 0.3 is 11.9 Å². The van der Waals surface area contributed by atoms with Crippen molar-refractivity contribution in [1.29, 1.82) is 0 Å². The Labute approximate surface area is 82.4 Å². The zero-order valence-electron chi connectivity index (χ0n) is 8.16. The maximum Gasteiger partial charge on any atom is 0.320 e. The summed E-state index contributed by atoms with van der Waals surface area (Å²) < 4.78 is 4.44. The summed E-state index contributed by atoms with van der Waals surface area (Å²) in [4.78, 5) is 21.5. The molecule has 0 saturated heterocycles. The van der Waals surface area contributed by atoms with Gasteiger partial charge in [-0.1, -0.05) is 0 Å². The molecule has 1 aliphatic rings. The lowest BCUT2D eigenvalue weighted by Crippen LogP contribution is -2.39. The van der Waals surface area contributed by atoms with Crippen molar-refractivity contribution in [2.75, 3.05) is 13.7 Å². The molecule has 1 rings (SSSR count). The average Bonchev–Trinajstić information content (AvgIpc) is 2.94. The second-order valence-corrected chi connectivity index (χ2v) is 3.43. The molecule has 0 spiro atoms. The molecule has 14 heavy (non-hydrogen) atoms. The molecule has 1 unspecified atom stereocenters. The number of hydrogen-bond acceptors (Lipinski definition) is 4. The van der Waals surface area contributed by atoms with E-state index in [1.807, 2.05) is 0 Å². The number of rotatable bonds is 6. The van der Waals surface area contributed by atoms with Crippen LogP contribution in [0.3, 0.4) is 0 Å². The lowest BCUT2D eigenvalue weighted by Gasteiger charge is -2.12. The van der Waals surface area contributed by atoms with E-state index in [0.29, 0.717) is 6.54 Å². The molecule has 5 nitrogen and oxygen atoms in total. The van der Waals surface area contributed by atoms with E-state index in [2.05, 4.69) is 10.1 Å². The van der Waals surface area contributed by atoms with Crippen LogP contribution >= 0.6 is 0 Å². The Balaban J connectivity index is 2.20. The molecular weight excluding hydrogens is 186 g/mol. The summed E-state index contributed by atoms with van der Waals surface area (Å²) in [6, 6.07) is -0.500. The minimum atomic E-state index is -0.836. The first kappa shape index (κ1) is 11.0. The van der Waals surface area contributed by atoms with Crippen molar-refractivity contribution < 1.29 is 19.4 Å². The molecule has 0 aromatic carbocycles. The molecule has 0 aromatic heterocycles. The van der Waals surface area contributed by atoms with E-state index in [9.17, 15) is 9.59 Å². The van der Waals surface area contributed by atoms with Crippen LogP contribution in [0, 0.1) is 5.92 Å². The zero-order chi connectivity index (χ0) is 10.6. The molecule has 1 fully saturated rings. The molecule has 0 bridgehead atoms. The Morgan fingerprint density at radius 2 is 2.21 bits per heavy atom. The molecule has 1 atom stereocenters. The van der Waals surface area contributed by atoms with Gasteiger partial charge in [-0.05, 0) is 18.8 Å². The third-order valence-electron chi connectivity index (χ3n) is 2.28. The summed E-state index contributed by atoms with van der Waals surface area (Å²) >= 11 is 0. The minimum Gasteiger partial charge on any atom is -0.480 e. The van der Waals surface area contributed by atoms with Crippen molar-refractivity contribution in [2.24, 2.45) is 5.92 Å². The van der Waals surface area contributed by atoms with Gasteiger partial charge in [0.05, 0.1) is 13.5 Å². The average molecular weight is 201 g/mol. The molecule has 0 heterocycles. The molecule has 0 amide bonds. The fraction of sp³-hybridized carbons (Fsp3) is 0.778. The lowest BCUT2D eigenvalue weighted by atomic mass is 10.2. The van der Waals surface area contributed by atoms with Crippen LogP contribution in [-0.4, -0.2) is 36.7 Å². The molecular formula is C9H15NO4. The summed E-state index contributed by atoms with van der Waals surface area (Å²) in [6.07, 6.45) is 2.14. The number of carboxylic acids is 1. The fourth-order valence-corrected chi connectivity index (χ4v) is 1.32. The molecule has 5 heteroatoms. The van der Waals surface area contributed by atoms with E-state index < -0.39 is 12.0 Å². The highest BCUT2D eigenvalue weighted by molar-refractivity contribution is 5.74. The van der Waals surface area contributed by atoms with Crippen LogP contribution in [-0.2, 0) is 14.3 Å². The van der Waals surface area contributed by atoms with Gasteiger partial charge in [-0.25, -0.2) is 0 Å². The number of carboxylic acid groups (broad SMARTS) is 1. The minimum absolute atomic E-state index is 0.215. The highest BCUT2D eigenvalue weighted by Gasteiger charge is 2.35. The fourth-order valence-electron chi connectivity index (χ4n) is 1.32. The SMILES string of the molecule is COC(=O)CCNC(C(=O)O)C1CC1. The van der Waals surface area contributed by atoms with Crippen LogP contribution in [0.15, 0.2) is 0 Å². The standard InChI is InChI=1S/C9H15NO4/c1-14-7(11)4-5-10-8(9(12)13)6-2-3-6/h6,8,10H,2-5H2,1H3,(H,12,13). The lowest BCUT2D eigenvalue weighted by molar-refractivity contribution is -0.142. The van der Waals surface area contributed by atoms with Crippen molar-refractivity contribution in [3.05, 3.63) is 0 Å². The number of hydrogen-bond donors (Lipinski definition) is 2. The number of aliphatic carboxylic acids is 1. The van der Waals surface area contributed by atoms with Gasteiger partial charge in [-0.3, -0.25) is 9.59 Å². The van der Waals surface area contributed by atoms with Crippen molar-refractivity contribution in [3.63, 3.8) is 0 Å². The largest absolute Gasteiger partial charge is 0.480 e. The van der Waals surface area contributed by atoms with Crippen LogP contribution in [0.4, 0.5) is 0 Å². The quantitative estimate of drug-likeness (QED) is 0.592. The second kappa shape index (κ2) is 4.95. The molecule has 80 valence electrons. The number of methoxy groups -OCH3 is 1. The Morgan fingerprint density at radius 1 is 1.57 bits per heavy atom. The Morgan fingerprint density at radius 3 is 2.64 bits per heavy atom. The van der Waals surface area contributed by atoms with Gasteiger partial charge in [0.2, 0.25) is 0 Å². The number of ether oxygens (including phenoxy) is 1. The Bertz CT molecular complexity index is 225. The van der Waals surface area contributed by atoms with Crippen molar-refractivity contribution in [1.82, 2.24) is 5.32 Å². The van der Waals surface area contributed by atoms with E-state index in [0.717, 1.165) is 12.8 Å². The number of esters is 1. The van der Waals surface area contributed by atoms with E-state index in [1.54, 1.807) is 0 Å². The van der Waals surface area contributed by atoms with Gasteiger partial charge in [0, 0.05) is 6.54 Å². The van der Waals surface area contributed by atoms with Crippen LogP contribution in [0.1, 0.15) is 19.3 Å². The highest BCUT2D eigenvalue weighted by atomic mass is 16.5. The molecule has 0 aromatic rings. The number of carbonyl (C=O) groups excluding carboxylic acids is 1. The van der Waals surface area contributed by atoms with Crippen molar-refractivity contribution in [2.45, 2.75) is 25.3 Å². The zero-order valence-corrected chi connectivity index (χ0v) is 8.16. The summed E-state index contributed by atoms with van der Waals surface area (Å²) in [5.41, 5.74) is 0. The first-order chi connectivity index (χ1) is 6.65. The first-order valence-electron chi connectivity index (χ1n) is 4.68. The monoisotopic (exact) mass is 201 g/mol. The smallest absolute Gasteiger partial charge is 0.320 e. The molecule has 1 aliphatic carbocycles. The van der Waals surface area contributed by atoms with Gasteiger partial charge in [-0.2, -0.15) is 0 Å². The predicted molar refractivity (Wildman–Crippen MR) is 48.8 cm³/mol. The molecule has 0 radical (unpaired) electrons. The van der Waals surface area contributed by atoms with Gasteiger partial charge in [0.1, 0.15) is 6.04 Å². The van der Waals surface area contributed by atoms with E-state index in [1.165, 1.54) is 7.11 Å². The van der Waals surface area contributed by atoms with Gasteiger partial charge in [0.25, 0.3) is 0 Å². The molecule has 2 N–H and O–H groups in total. The maximum atomic E-state index is 10.7. The third-order valence-corrected chi connectivity index (χ3v) is 2.28. The number of carbonyl (C=O) groups is 2.